The van der Waals surface area contributed by atoms with Crippen molar-refractivity contribution in [2.75, 3.05) is 0 Å². The Morgan fingerprint density at radius 3 is 2.19 bits per heavy atom. The molecule has 2 nitrogen and oxygen atoms in total. The van der Waals surface area contributed by atoms with E-state index in [1.807, 2.05) is 42.5 Å². The first-order valence-electron chi connectivity index (χ1n) is 9.60. The highest BCUT2D eigenvalue weighted by Gasteiger charge is 2.09. The Labute approximate surface area is 212 Å². The molecular weight excluding hydrogens is 547 g/mol. The maximum absolute atomic E-state index is 13.2. The third kappa shape index (κ3) is 7.25. The Morgan fingerprint density at radius 2 is 1.47 bits per heavy atom. The molecule has 0 fully saturated rings. The van der Waals surface area contributed by atoms with Gasteiger partial charge in [0, 0.05) is 30.8 Å². The third-order valence-electron chi connectivity index (χ3n) is 4.25. The highest BCUT2D eigenvalue weighted by atomic mass is 79.9. The molecule has 0 aliphatic rings. The van der Waals surface area contributed by atoms with Crippen molar-refractivity contribution in [2.24, 2.45) is 0 Å². The van der Waals surface area contributed by atoms with Gasteiger partial charge in [0.1, 0.15) is 10.8 Å². The van der Waals surface area contributed by atoms with Crippen LogP contribution < -0.4 is 0 Å². The van der Waals surface area contributed by atoms with E-state index < -0.39 is 0 Å². The largest absolute Gasteiger partial charge is 0.227 e. The average Bonchev–Trinajstić information content (AvgIpc) is 2.80. The summed E-state index contributed by atoms with van der Waals surface area (Å²) in [5, 5.41) is 2.34. The molecule has 0 aliphatic carbocycles. The molecule has 0 bridgehead atoms. The zero-order chi connectivity index (χ0) is 22.3. The Bertz CT molecular complexity index is 1110. The second-order valence-corrected chi connectivity index (χ2v) is 11.1. The van der Waals surface area contributed by atoms with E-state index in [0.717, 1.165) is 41.3 Å². The Balaban J connectivity index is 1.52. The summed E-state index contributed by atoms with van der Waals surface area (Å²) >= 11 is 14.3. The van der Waals surface area contributed by atoms with E-state index in [1.54, 1.807) is 47.4 Å². The second kappa shape index (κ2) is 11.6. The van der Waals surface area contributed by atoms with Gasteiger partial charge in [0.2, 0.25) is 0 Å². The topological polar surface area (TPSA) is 25.8 Å². The first-order valence-corrected chi connectivity index (χ1v) is 13.6. The van der Waals surface area contributed by atoms with E-state index in [9.17, 15) is 4.39 Å². The normalized spacial score (nSPS) is 11.0. The molecule has 4 rings (SSSR count). The number of thioether (sulfide) groups is 2. The summed E-state index contributed by atoms with van der Waals surface area (Å²) < 4.78 is 14.2. The van der Waals surface area contributed by atoms with E-state index >= 15 is 0 Å². The van der Waals surface area contributed by atoms with Gasteiger partial charge in [-0.15, -0.1) is 11.8 Å². The van der Waals surface area contributed by atoms with Crippen LogP contribution in [-0.2, 0) is 11.5 Å². The molecule has 0 atom stereocenters. The van der Waals surface area contributed by atoms with Crippen LogP contribution in [0.1, 0.15) is 11.3 Å². The molecule has 0 saturated carbocycles. The Hall–Kier alpha value is -1.51. The number of benzene rings is 3. The van der Waals surface area contributed by atoms with Crippen molar-refractivity contribution in [2.45, 2.75) is 31.5 Å². The van der Waals surface area contributed by atoms with Gasteiger partial charge in [0.25, 0.3) is 0 Å². The maximum Gasteiger partial charge on any atom is 0.189 e. The van der Waals surface area contributed by atoms with E-state index in [2.05, 4.69) is 28.1 Å². The number of aromatic nitrogens is 2. The fraction of sp³-hybridized carbons (Fsp3) is 0.0833. The first-order chi connectivity index (χ1) is 15.5. The highest BCUT2D eigenvalue weighted by molar-refractivity contribution is 9.10. The predicted molar refractivity (Wildman–Crippen MR) is 137 cm³/mol. The van der Waals surface area contributed by atoms with Crippen molar-refractivity contribution >= 4 is 62.8 Å². The molecule has 0 amide bonds. The minimum absolute atomic E-state index is 0.232. The van der Waals surface area contributed by atoms with Crippen molar-refractivity contribution in [3.63, 3.8) is 0 Å². The third-order valence-corrected chi connectivity index (χ3v) is 7.92. The standard InChI is InChI=1S/C24H17BrClFN2S3/c25-17-3-9-22(10-4-17)32-23-13-20(15-30-21-11-5-18(26)6-12-21)28-24(29-23)31-14-16-1-7-19(27)8-2-16/h1-13H,14-15H2. The zero-order valence-electron chi connectivity index (χ0n) is 16.7. The molecule has 0 unspecified atom stereocenters. The van der Waals surface area contributed by atoms with Crippen LogP contribution >= 0.6 is 62.8 Å². The van der Waals surface area contributed by atoms with E-state index in [1.165, 1.54) is 12.1 Å². The van der Waals surface area contributed by atoms with Gasteiger partial charge >= 0.3 is 0 Å². The second-order valence-electron chi connectivity index (χ2n) is 6.69. The molecule has 1 heterocycles. The van der Waals surface area contributed by atoms with E-state index in [4.69, 9.17) is 21.6 Å². The summed E-state index contributed by atoms with van der Waals surface area (Å²) in [5.41, 5.74) is 1.99. The van der Waals surface area contributed by atoms with Crippen LogP contribution in [0.25, 0.3) is 0 Å². The lowest BCUT2D eigenvalue weighted by molar-refractivity contribution is 0.627. The van der Waals surface area contributed by atoms with Crippen molar-refractivity contribution in [1.82, 2.24) is 9.97 Å². The van der Waals surface area contributed by atoms with Gasteiger partial charge in [-0.05, 0) is 72.3 Å². The Morgan fingerprint density at radius 1 is 0.781 bits per heavy atom. The zero-order valence-corrected chi connectivity index (χ0v) is 21.5. The van der Waals surface area contributed by atoms with E-state index in [0.29, 0.717) is 10.9 Å². The van der Waals surface area contributed by atoms with Crippen LogP contribution in [0.15, 0.2) is 103 Å². The van der Waals surface area contributed by atoms with Crippen molar-refractivity contribution in [3.05, 3.63) is 105 Å². The van der Waals surface area contributed by atoms with Gasteiger partial charge in [-0.2, -0.15) is 0 Å². The van der Waals surface area contributed by atoms with Gasteiger partial charge in [0.15, 0.2) is 5.16 Å². The molecular formula is C24H17BrClFN2S3. The SMILES string of the molecule is Fc1ccc(CSc2nc(CSc3ccc(Cl)cc3)cc(Sc3ccc(Br)cc3)n2)cc1. The number of hydrogen-bond donors (Lipinski definition) is 0. The molecule has 1 aromatic heterocycles. The van der Waals surface area contributed by atoms with Crippen molar-refractivity contribution in [3.8, 4) is 0 Å². The highest BCUT2D eigenvalue weighted by Crippen LogP contribution is 2.32. The molecule has 162 valence electrons. The number of rotatable bonds is 8. The maximum atomic E-state index is 13.2. The smallest absolute Gasteiger partial charge is 0.189 e. The molecule has 3 aromatic carbocycles. The quantitative estimate of drug-likeness (QED) is 0.121. The predicted octanol–water partition coefficient (Wildman–Crippen LogP) is 8.77. The van der Waals surface area contributed by atoms with Gasteiger partial charge in [-0.25, -0.2) is 14.4 Å². The van der Waals surface area contributed by atoms with Crippen molar-refractivity contribution in [1.29, 1.82) is 0 Å². The van der Waals surface area contributed by atoms with Crippen molar-refractivity contribution < 1.29 is 4.39 Å². The summed E-state index contributed by atoms with van der Waals surface area (Å²) in [7, 11) is 0. The molecule has 0 saturated heterocycles. The summed E-state index contributed by atoms with van der Waals surface area (Å²) in [6.45, 7) is 0. The molecule has 0 spiro atoms. The monoisotopic (exact) mass is 562 g/mol. The minimum Gasteiger partial charge on any atom is -0.227 e. The van der Waals surface area contributed by atoms with Crippen LogP contribution in [0.5, 0.6) is 0 Å². The number of halogens is 3. The van der Waals surface area contributed by atoms with Gasteiger partial charge in [-0.1, -0.05) is 63.2 Å². The molecule has 0 N–H and O–H groups in total. The molecule has 0 radical (unpaired) electrons. The van der Waals surface area contributed by atoms with Gasteiger partial charge in [0.05, 0.1) is 5.69 Å². The van der Waals surface area contributed by atoms with Gasteiger partial charge in [-0.3, -0.25) is 0 Å². The Kier molecular flexibility index (Phi) is 8.55. The lowest BCUT2D eigenvalue weighted by Gasteiger charge is -2.09. The summed E-state index contributed by atoms with van der Waals surface area (Å²) in [4.78, 5) is 11.8. The fourth-order valence-electron chi connectivity index (χ4n) is 2.68. The average molecular weight is 564 g/mol. The van der Waals surface area contributed by atoms with Crippen LogP contribution in [-0.4, -0.2) is 9.97 Å². The summed E-state index contributed by atoms with van der Waals surface area (Å²) in [6, 6.07) is 24.5. The van der Waals surface area contributed by atoms with Gasteiger partial charge < -0.3 is 0 Å². The molecule has 8 heteroatoms. The number of nitrogens with zero attached hydrogens (tertiary/aromatic N) is 2. The lowest BCUT2D eigenvalue weighted by atomic mass is 10.2. The van der Waals surface area contributed by atoms with Crippen LogP contribution in [0.3, 0.4) is 0 Å². The lowest BCUT2D eigenvalue weighted by Crippen LogP contribution is -1.96. The summed E-state index contributed by atoms with van der Waals surface area (Å²) in [5.74, 6) is 1.17. The minimum atomic E-state index is -0.232. The van der Waals surface area contributed by atoms with Crippen LogP contribution in [0.4, 0.5) is 4.39 Å². The first kappa shape index (κ1) is 23.6. The molecule has 4 aromatic rings. The number of hydrogen-bond acceptors (Lipinski definition) is 5. The molecule has 0 aliphatic heterocycles. The fourth-order valence-corrected chi connectivity index (χ4v) is 5.59. The van der Waals surface area contributed by atoms with Crippen LogP contribution in [0, 0.1) is 5.82 Å². The van der Waals surface area contributed by atoms with Crippen LogP contribution in [0.2, 0.25) is 5.02 Å². The van der Waals surface area contributed by atoms with E-state index in [-0.39, 0.29) is 5.82 Å². The molecule has 32 heavy (non-hydrogen) atoms. The summed E-state index contributed by atoms with van der Waals surface area (Å²) in [6.07, 6.45) is 0.